The number of hydrogen-bond donors (Lipinski definition) is 0. The summed E-state index contributed by atoms with van der Waals surface area (Å²) in [5.74, 6) is 1.59. The van der Waals surface area contributed by atoms with Gasteiger partial charge in [-0.05, 0) is 111 Å². The molecule has 0 bridgehead atoms. The summed E-state index contributed by atoms with van der Waals surface area (Å²) >= 11 is 0. The van der Waals surface area contributed by atoms with Crippen molar-refractivity contribution in [2.24, 2.45) is 5.92 Å². The predicted molar refractivity (Wildman–Crippen MR) is 271 cm³/mol. The molecule has 13 rings (SSSR count). The van der Waals surface area contributed by atoms with Crippen molar-refractivity contribution in [3.63, 3.8) is 0 Å². The van der Waals surface area contributed by atoms with E-state index in [-0.39, 0.29) is 12.0 Å². The van der Waals surface area contributed by atoms with E-state index in [1.54, 1.807) is 0 Å². The van der Waals surface area contributed by atoms with Gasteiger partial charge in [0.1, 0.15) is 11.9 Å². The number of ether oxygens (including phenoxy) is 1. The summed E-state index contributed by atoms with van der Waals surface area (Å²) in [5.41, 5.74) is 18.0. The minimum Gasteiger partial charge on any atom is -0.485 e. The number of fused-ring (bicyclic) bond motifs is 9. The van der Waals surface area contributed by atoms with E-state index in [4.69, 9.17) is 29.7 Å². The Balaban J connectivity index is 0.960. The van der Waals surface area contributed by atoms with Crippen LogP contribution >= 0.6 is 0 Å². The number of rotatable bonds is 7. The normalized spacial score (nSPS) is 17.2. The number of aromatic nitrogens is 5. The van der Waals surface area contributed by atoms with E-state index in [0.29, 0.717) is 5.82 Å². The molecule has 2 aliphatic carbocycles. The van der Waals surface area contributed by atoms with Crippen LogP contribution in [0.4, 0.5) is 0 Å². The molecule has 1 aliphatic heterocycles. The molecule has 0 saturated carbocycles. The van der Waals surface area contributed by atoms with Crippen LogP contribution in [0, 0.1) is 5.92 Å². The third-order valence-electron chi connectivity index (χ3n) is 13.7. The van der Waals surface area contributed by atoms with Gasteiger partial charge in [-0.15, -0.1) is 0 Å². The highest BCUT2D eigenvalue weighted by Gasteiger charge is 2.56. The van der Waals surface area contributed by atoms with Crippen LogP contribution in [0.5, 0.6) is 5.75 Å². The van der Waals surface area contributed by atoms with Crippen molar-refractivity contribution in [1.29, 1.82) is 0 Å². The first-order valence-electron chi connectivity index (χ1n) is 23.0. The van der Waals surface area contributed by atoms with Crippen LogP contribution in [0.1, 0.15) is 16.7 Å². The van der Waals surface area contributed by atoms with Crippen molar-refractivity contribution < 1.29 is 4.74 Å². The number of pyridine rings is 3. The first-order valence-corrected chi connectivity index (χ1v) is 23.0. The van der Waals surface area contributed by atoms with Gasteiger partial charge >= 0.3 is 0 Å². The van der Waals surface area contributed by atoms with Gasteiger partial charge < -0.3 is 4.74 Å². The Kier molecular flexibility index (Phi) is 9.42. The van der Waals surface area contributed by atoms with Gasteiger partial charge in [0.25, 0.3) is 0 Å². The van der Waals surface area contributed by atoms with Crippen LogP contribution in [0.2, 0.25) is 0 Å². The Hall–Kier alpha value is -8.87. The topological polar surface area (TPSA) is 73.7 Å². The van der Waals surface area contributed by atoms with Gasteiger partial charge in [0, 0.05) is 40.6 Å². The fourth-order valence-corrected chi connectivity index (χ4v) is 10.6. The Morgan fingerprint density at radius 3 is 1.51 bits per heavy atom. The molecule has 3 aliphatic rings. The summed E-state index contributed by atoms with van der Waals surface area (Å²) in [7, 11) is 0. The molecule has 6 aromatic carbocycles. The van der Waals surface area contributed by atoms with E-state index in [9.17, 15) is 0 Å². The molecule has 0 saturated heterocycles. The first-order chi connectivity index (χ1) is 33.7. The van der Waals surface area contributed by atoms with E-state index in [1.165, 1.54) is 22.3 Å². The molecule has 1 spiro atoms. The minimum absolute atomic E-state index is 0.0174. The second-order valence-corrected chi connectivity index (χ2v) is 17.5. The maximum atomic E-state index is 6.87. The maximum Gasteiger partial charge on any atom is 0.160 e. The Morgan fingerprint density at radius 2 is 0.882 bits per heavy atom. The van der Waals surface area contributed by atoms with E-state index in [1.807, 2.05) is 85.2 Å². The zero-order valence-electron chi connectivity index (χ0n) is 36.8. The molecule has 5 heterocycles. The summed E-state index contributed by atoms with van der Waals surface area (Å²) in [5, 5.41) is 0. The molecule has 6 heteroatoms. The second kappa shape index (κ2) is 16.2. The smallest absolute Gasteiger partial charge is 0.160 e. The van der Waals surface area contributed by atoms with Crippen LogP contribution < -0.4 is 4.74 Å². The van der Waals surface area contributed by atoms with Crippen LogP contribution in [0.3, 0.4) is 0 Å². The zero-order valence-corrected chi connectivity index (χ0v) is 36.8. The Bertz CT molecular complexity index is 3480. The summed E-state index contributed by atoms with van der Waals surface area (Å²) < 4.78 is 6.87. The van der Waals surface area contributed by atoms with Gasteiger partial charge in [0.05, 0.1) is 39.6 Å². The van der Waals surface area contributed by atoms with Crippen molar-refractivity contribution in [3.05, 3.63) is 254 Å². The molecule has 68 heavy (non-hydrogen) atoms. The van der Waals surface area contributed by atoms with Gasteiger partial charge in [-0.25, -0.2) is 15.0 Å². The summed E-state index contributed by atoms with van der Waals surface area (Å²) in [6, 6.07) is 70.3. The summed E-state index contributed by atoms with van der Waals surface area (Å²) in [6.07, 6.45) is 12.3. The fourth-order valence-electron chi connectivity index (χ4n) is 10.6. The minimum atomic E-state index is -0.569. The summed E-state index contributed by atoms with van der Waals surface area (Å²) in [6.45, 7) is 0. The Morgan fingerprint density at radius 1 is 0.353 bits per heavy atom. The molecule has 0 fully saturated rings. The van der Waals surface area contributed by atoms with Crippen molar-refractivity contribution in [2.45, 2.75) is 11.5 Å². The van der Waals surface area contributed by atoms with E-state index < -0.39 is 5.41 Å². The third kappa shape index (κ3) is 6.60. The van der Waals surface area contributed by atoms with Crippen molar-refractivity contribution in [2.75, 3.05) is 0 Å². The van der Waals surface area contributed by atoms with Crippen molar-refractivity contribution in [1.82, 2.24) is 24.9 Å². The predicted octanol–water partition coefficient (Wildman–Crippen LogP) is 14.1. The van der Waals surface area contributed by atoms with Crippen LogP contribution in [0.25, 0.3) is 90.1 Å². The zero-order chi connectivity index (χ0) is 45.0. The molecule has 6 nitrogen and oxygen atoms in total. The van der Waals surface area contributed by atoms with Crippen molar-refractivity contribution in [3.8, 4) is 95.8 Å². The maximum absolute atomic E-state index is 6.87. The van der Waals surface area contributed by atoms with E-state index in [2.05, 4.69) is 152 Å². The number of nitrogens with zero attached hydrogens (tertiary/aromatic N) is 5. The number of para-hydroxylation sites is 1. The second-order valence-electron chi connectivity index (χ2n) is 17.5. The van der Waals surface area contributed by atoms with E-state index in [0.717, 1.165) is 84.4 Å². The lowest BCUT2D eigenvalue weighted by molar-refractivity contribution is 0.141. The van der Waals surface area contributed by atoms with Gasteiger partial charge in [-0.2, -0.15) is 0 Å². The molecular weight excluding hydrogens is 831 g/mol. The van der Waals surface area contributed by atoms with Gasteiger partial charge in [0.2, 0.25) is 0 Å². The highest BCUT2D eigenvalue weighted by Crippen LogP contribution is 2.62. The SMILES string of the molecule is C1=CC2Oc3ccccc3C3(c4cc(-c5ccc(-c6cc(-c7ccccc7)nc(-c7ccccc7)n6)cc5)ccc4-c4ccc(-c5cc(-c6ccccn6)nc(-c6ccccn6)c5)cc43)C2C=C1. The monoisotopic (exact) mass is 871 g/mol. The third-order valence-corrected chi connectivity index (χ3v) is 13.7. The standard InChI is InChI=1S/C62H41N5O/c1-3-15-41(16-4-1)55-39-56(67-61(66-55)43-17-5-2-6-18-43)42-27-25-40(26-28-42)44-29-31-47-48-32-30-45(46-37-57(53-21-11-13-33-63-53)65-58(38-46)54-22-12-14-34-64-54)36-52(48)62(51(47)35-44)49-19-7-9-23-59(49)68-60-24-10-8-20-50(60)62/h1-39,49,59H. The molecule has 3 unspecified atom stereocenters. The van der Waals surface area contributed by atoms with Gasteiger partial charge in [-0.3, -0.25) is 9.97 Å². The molecule has 320 valence electrons. The Labute approximate surface area is 394 Å². The van der Waals surface area contributed by atoms with Crippen LogP contribution in [-0.4, -0.2) is 31.0 Å². The molecule has 0 amide bonds. The van der Waals surface area contributed by atoms with Crippen LogP contribution in [0.15, 0.2) is 237 Å². The lowest BCUT2D eigenvalue weighted by atomic mass is 9.60. The number of benzene rings is 6. The molecular formula is C62H41N5O. The van der Waals surface area contributed by atoms with Gasteiger partial charge in [0.15, 0.2) is 5.82 Å². The largest absolute Gasteiger partial charge is 0.485 e. The molecule has 0 radical (unpaired) electrons. The van der Waals surface area contributed by atoms with E-state index >= 15 is 0 Å². The average Bonchev–Trinajstić information content (AvgIpc) is 3.70. The average molecular weight is 872 g/mol. The lowest BCUT2D eigenvalue weighted by Gasteiger charge is -2.47. The number of hydrogen-bond acceptors (Lipinski definition) is 6. The lowest BCUT2D eigenvalue weighted by Crippen LogP contribution is -2.47. The fraction of sp³-hybridized carbons (Fsp3) is 0.0484. The first kappa shape index (κ1) is 39.5. The number of allylic oxidation sites excluding steroid dienone is 2. The van der Waals surface area contributed by atoms with Gasteiger partial charge in [-0.1, -0.05) is 158 Å². The molecule has 4 aromatic heterocycles. The molecule has 0 N–H and O–H groups in total. The molecule has 10 aromatic rings. The van der Waals surface area contributed by atoms with Crippen LogP contribution in [-0.2, 0) is 5.41 Å². The quantitative estimate of drug-likeness (QED) is 0.159. The summed E-state index contributed by atoms with van der Waals surface area (Å²) in [4.78, 5) is 24.7. The molecule has 3 atom stereocenters. The highest BCUT2D eigenvalue weighted by atomic mass is 16.5. The van der Waals surface area contributed by atoms with Crippen molar-refractivity contribution >= 4 is 0 Å². The highest BCUT2D eigenvalue weighted by molar-refractivity contribution is 5.90.